The second-order valence-corrected chi connectivity index (χ2v) is 9.29. The first-order valence-electron chi connectivity index (χ1n) is 12.1. The zero-order valence-corrected chi connectivity index (χ0v) is 21.3. The van der Waals surface area contributed by atoms with Crippen molar-refractivity contribution in [3.8, 4) is 0 Å². The molecule has 3 atom stereocenters. The van der Waals surface area contributed by atoms with Crippen LogP contribution in [0.4, 0.5) is 11.4 Å². The third-order valence-electron chi connectivity index (χ3n) is 5.65. The van der Waals surface area contributed by atoms with Gasteiger partial charge in [0.2, 0.25) is 17.7 Å². The number of nitro benzene ring substituents is 1. The van der Waals surface area contributed by atoms with E-state index in [1.54, 1.807) is 0 Å². The molecule has 1 heterocycles. The Bertz CT molecular complexity index is 1120. The predicted molar refractivity (Wildman–Crippen MR) is 140 cm³/mol. The van der Waals surface area contributed by atoms with Gasteiger partial charge in [-0.3, -0.25) is 24.5 Å². The SMILES string of the molecule is CC(C)CC(NC(=O)C(Cc1ccccc1)NC(=O)[C@@H]1CCC(=O)N1)C(=O)O.Nc1ccc([N+](=O)[O-])cc1. The van der Waals surface area contributed by atoms with Crippen LogP contribution in [0.3, 0.4) is 0 Å². The maximum Gasteiger partial charge on any atom is 0.326 e. The van der Waals surface area contributed by atoms with Gasteiger partial charge in [0.25, 0.3) is 5.69 Å². The molecule has 6 N–H and O–H groups in total. The molecular weight excluding hydrogens is 494 g/mol. The standard InChI is InChI=1S/C20H27N3O5.C6H6N2O2/c1-12(2)10-16(20(27)28)23-19(26)15(11-13-6-4-3-5-7-13)22-18(25)14-8-9-17(24)21-14;7-5-1-3-6(4-2-5)8(9)10/h3-7,12,14-16H,8-11H2,1-2H3,(H,21,24)(H,22,25)(H,23,26)(H,27,28);1-4H,7H2/t14-,15?,16?;/m0./s1. The molecule has 2 aromatic rings. The molecule has 0 aromatic heterocycles. The van der Waals surface area contributed by atoms with Crippen molar-refractivity contribution in [2.45, 2.75) is 57.7 Å². The molecule has 38 heavy (non-hydrogen) atoms. The number of non-ortho nitro benzene ring substituents is 1. The number of carboxylic acids is 1. The highest BCUT2D eigenvalue weighted by molar-refractivity contribution is 5.95. The first-order valence-corrected chi connectivity index (χ1v) is 12.1. The highest BCUT2D eigenvalue weighted by Crippen LogP contribution is 2.12. The summed E-state index contributed by atoms with van der Waals surface area (Å²) < 4.78 is 0. The highest BCUT2D eigenvalue weighted by atomic mass is 16.6. The fourth-order valence-corrected chi connectivity index (χ4v) is 3.70. The van der Waals surface area contributed by atoms with E-state index in [-0.39, 0.29) is 36.8 Å². The number of nitrogens with zero attached hydrogens (tertiary/aromatic N) is 1. The van der Waals surface area contributed by atoms with Gasteiger partial charge in [0.15, 0.2) is 0 Å². The van der Waals surface area contributed by atoms with Gasteiger partial charge in [-0.05, 0) is 36.5 Å². The van der Waals surface area contributed by atoms with Crippen molar-refractivity contribution in [3.63, 3.8) is 0 Å². The number of carboxylic acid groups (broad SMARTS) is 1. The van der Waals surface area contributed by atoms with Gasteiger partial charge in [0.1, 0.15) is 18.1 Å². The third kappa shape index (κ3) is 9.88. The Morgan fingerprint density at radius 2 is 1.71 bits per heavy atom. The molecule has 1 saturated heterocycles. The van der Waals surface area contributed by atoms with E-state index >= 15 is 0 Å². The number of nitrogens with one attached hydrogen (secondary N) is 3. The summed E-state index contributed by atoms with van der Waals surface area (Å²) in [4.78, 5) is 57.7. The van der Waals surface area contributed by atoms with E-state index in [1.807, 2.05) is 44.2 Å². The van der Waals surface area contributed by atoms with Crippen molar-refractivity contribution >= 4 is 35.1 Å². The smallest absolute Gasteiger partial charge is 0.326 e. The van der Waals surface area contributed by atoms with Crippen molar-refractivity contribution in [3.05, 3.63) is 70.3 Å². The number of aliphatic carboxylic acids is 1. The van der Waals surface area contributed by atoms with Crippen molar-refractivity contribution in [1.82, 2.24) is 16.0 Å². The Kier molecular flexibility index (Phi) is 11.2. The zero-order valence-electron chi connectivity index (χ0n) is 21.3. The Hall–Kier alpha value is -4.48. The van der Waals surface area contributed by atoms with Crippen LogP contribution in [0.25, 0.3) is 0 Å². The summed E-state index contributed by atoms with van der Waals surface area (Å²) in [5.41, 5.74) is 6.73. The Morgan fingerprint density at radius 1 is 1.08 bits per heavy atom. The summed E-state index contributed by atoms with van der Waals surface area (Å²) >= 11 is 0. The van der Waals surface area contributed by atoms with Gasteiger partial charge in [0.05, 0.1) is 4.92 Å². The number of carbonyl (C=O) groups is 4. The summed E-state index contributed by atoms with van der Waals surface area (Å²) in [7, 11) is 0. The molecule has 12 nitrogen and oxygen atoms in total. The average Bonchev–Trinajstić information content (AvgIpc) is 3.30. The lowest BCUT2D eigenvalue weighted by Crippen LogP contribution is -2.55. The van der Waals surface area contributed by atoms with Crippen molar-refractivity contribution in [2.24, 2.45) is 5.92 Å². The molecule has 0 aliphatic carbocycles. The van der Waals surface area contributed by atoms with Gasteiger partial charge in [-0.15, -0.1) is 0 Å². The molecular formula is C26H33N5O7. The normalized spacial score (nSPS) is 15.9. The zero-order chi connectivity index (χ0) is 28.2. The van der Waals surface area contributed by atoms with E-state index in [1.165, 1.54) is 24.3 Å². The van der Waals surface area contributed by atoms with E-state index in [9.17, 15) is 34.4 Å². The number of hydrogen-bond acceptors (Lipinski definition) is 7. The number of nitrogen functional groups attached to an aromatic ring is 1. The minimum atomic E-state index is -1.12. The molecule has 0 radical (unpaired) electrons. The van der Waals surface area contributed by atoms with Gasteiger partial charge < -0.3 is 26.8 Å². The maximum absolute atomic E-state index is 12.8. The fourth-order valence-electron chi connectivity index (χ4n) is 3.70. The Morgan fingerprint density at radius 3 is 2.21 bits per heavy atom. The molecule has 12 heteroatoms. The van der Waals surface area contributed by atoms with Gasteiger partial charge in [0, 0.05) is 30.7 Å². The molecule has 1 fully saturated rings. The quantitative estimate of drug-likeness (QED) is 0.175. The number of amides is 3. The van der Waals surface area contributed by atoms with Crippen LogP contribution in [-0.4, -0.2) is 51.8 Å². The molecule has 1 aliphatic heterocycles. The molecule has 204 valence electrons. The molecule has 2 unspecified atom stereocenters. The van der Waals surface area contributed by atoms with Crippen molar-refractivity contribution in [2.75, 3.05) is 5.73 Å². The second-order valence-electron chi connectivity index (χ2n) is 9.29. The topological polar surface area (TPSA) is 194 Å². The highest BCUT2D eigenvalue weighted by Gasteiger charge is 2.32. The number of nitro groups is 1. The number of benzene rings is 2. The van der Waals surface area contributed by atoms with Crippen LogP contribution in [-0.2, 0) is 25.6 Å². The van der Waals surface area contributed by atoms with Crippen molar-refractivity contribution < 1.29 is 29.2 Å². The first-order chi connectivity index (χ1) is 18.0. The minimum absolute atomic E-state index is 0.0641. The Labute approximate surface area is 220 Å². The lowest BCUT2D eigenvalue weighted by Gasteiger charge is -2.23. The van der Waals surface area contributed by atoms with Crippen molar-refractivity contribution in [1.29, 1.82) is 0 Å². The van der Waals surface area contributed by atoms with Crippen LogP contribution in [0.15, 0.2) is 54.6 Å². The number of carbonyl (C=O) groups excluding carboxylic acids is 3. The molecule has 0 saturated carbocycles. The van der Waals surface area contributed by atoms with Crippen LogP contribution in [0.2, 0.25) is 0 Å². The van der Waals surface area contributed by atoms with E-state index in [4.69, 9.17) is 5.73 Å². The van der Waals surface area contributed by atoms with E-state index in [0.717, 1.165) is 5.56 Å². The summed E-state index contributed by atoms with van der Waals surface area (Å²) in [6.45, 7) is 3.74. The fraction of sp³-hybridized carbons (Fsp3) is 0.385. The average molecular weight is 528 g/mol. The first kappa shape index (κ1) is 29.7. The predicted octanol–water partition coefficient (Wildman–Crippen LogP) is 1.79. The van der Waals surface area contributed by atoms with E-state index in [0.29, 0.717) is 12.1 Å². The van der Waals surface area contributed by atoms with Crippen LogP contribution in [0.1, 0.15) is 38.7 Å². The lowest BCUT2D eigenvalue weighted by atomic mass is 10.0. The number of rotatable bonds is 10. The van der Waals surface area contributed by atoms with E-state index in [2.05, 4.69) is 16.0 Å². The largest absolute Gasteiger partial charge is 0.480 e. The lowest BCUT2D eigenvalue weighted by molar-refractivity contribution is -0.384. The van der Waals surface area contributed by atoms with Gasteiger partial charge in [-0.1, -0.05) is 44.2 Å². The summed E-state index contributed by atoms with van der Waals surface area (Å²) in [6.07, 6.45) is 1.14. The van der Waals surface area contributed by atoms with Crippen LogP contribution in [0, 0.1) is 16.0 Å². The molecule has 3 rings (SSSR count). The molecule has 3 amide bonds. The number of hydrogen-bond donors (Lipinski definition) is 5. The van der Waals surface area contributed by atoms with Gasteiger partial charge in [-0.25, -0.2) is 4.79 Å². The monoisotopic (exact) mass is 527 g/mol. The van der Waals surface area contributed by atoms with Crippen LogP contribution in [0.5, 0.6) is 0 Å². The van der Waals surface area contributed by atoms with Crippen LogP contribution < -0.4 is 21.7 Å². The third-order valence-corrected chi connectivity index (χ3v) is 5.65. The Balaban J connectivity index is 0.000000423. The summed E-state index contributed by atoms with van der Waals surface area (Å²) in [6, 6.07) is 12.2. The summed E-state index contributed by atoms with van der Waals surface area (Å²) in [5, 5.41) is 27.2. The number of anilines is 1. The maximum atomic E-state index is 12.8. The molecule has 0 spiro atoms. The molecule has 1 aliphatic rings. The molecule has 0 bridgehead atoms. The number of nitrogens with two attached hydrogens (primary N) is 1. The van der Waals surface area contributed by atoms with Gasteiger partial charge >= 0.3 is 5.97 Å². The molecule has 2 aromatic carbocycles. The second kappa shape index (κ2) is 14.3. The van der Waals surface area contributed by atoms with Crippen LogP contribution >= 0.6 is 0 Å². The van der Waals surface area contributed by atoms with Gasteiger partial charge in [-0.2, -0.15) is 0 Å². The van der Waals surface area contributed by atoms with E-state index < -0.39 is 40.8 Å². The minimum Gasteiger partial charge on any atom is -0.480 e. The summed E-state index contributed by atoms with van der Waals surface area (Å²) in [5.74, 6) is -2.24.